The van der Waals surface area contributed by atoms with Crippen molar-refractivity contribution in [3.63, 3.8) is 0 Å². The zero-order valence-corrected chi connectivity index (χ0v) is 6.67. The molecule has 2 atom stereocenters. The molecule has 1 aliphatic rings. The lowest BCUT2D eigenvalue weighted by atomic mass is 10.0. The molecule has 0 radical (unpaired) electrons. The van der Waals surface area contributed by atoms with Crippen molar-refractivity contribution in [1.82, 2.24) is 10.9 Å². The third-order valence-electron chi connectivity index (χ3n) is 1.84. The first-order valence-electron chi connectivity index (χ1n) is 3.83. The van der Waals surface area contributed by atoms with Gasteiger partial charge in [-0.2, -0.15) is 0 Å². The summed E-state index contributed by atoms with van der Waals surface area (Å²) in [5.74, 6) is 0.348. The molecule has 1 rings (SSSR count). The monoisotopic (exact) mass is 157 g/mol. The summed E-state index contributed by atoms with van der Waals surface area (Å²) < 4.78 is 0. The number of hydrogen-bond donors (Lipinski definition) is 4. The molecular weight excluding hydrogens is 142 g/mol. The maximum absolute atomic E-state index is 8.66. The minimum Gasteiger partial charge on any atom is -0.396 e. The number of hydrogen-bond acceptors (Lipinski definition) is 4. The van der Waals surface area contributed by atoms with E-state index in [1.54, 1.807) is 0 Å². The van der Waals surface area contributed by atoms with Crippen molar-refractivity contribution in [2.75, 3.05) is 6.61 Å². The van der Waals surface area contributed by atoms with Gasteiger partial charge in [-0.25, -0.2) is 5.43 Å². The quantitative estimate of drug-likeness (QED) is 0.436. The number of aliphatic hydroxyl groups excluding tert-OH is 1. The minimum absolute atomic E-state index is 0.0915. The van der Waals surface area contributed by atoms with E-state index in [0.29, 0.717) is 5.92 Å². The van der Waals surface area contributed by atoms with Gasteiger partial charge in [0.2, 0.25) is 0 Å². The fourth-order valence-corrected chi connectivity index (χ4v) is 1.08. The average Bonchev–Trinajstić information content (AvgIpc) is 2.36. The Bertz CT molecular complexity index is 158. The Morgan fingerprint density at radius 2 is 2.55 bits per heavy atom. The highest BCUT2D eigenvalue weighted by Crippen LogP contribution is 2.13. The predicted molar refractivity (Wildman–Crippen MR) is 43.2 cm³/mol. The van der Waals surface area contributed by atoms with Gasteiger partial charge >= 0.3 is 0 Å². The van der Waals surface area contributed by atoms with Crippen molar-refractivity contribution in [3.8, 4) is 0 Å². The lowest BCUT2D eigenvalue weighted by Gasteiger charge is -2.11. The van der Waals surface area contributed by atoms with Crippen molar-refractivity contribution in [1.29, 1.82) is 0 Å². The molecule has 0 saturated heterocycles. The highest BCUT2D eigenvalue weighted by molar-refractivity contribution is 5.10. The molecule has 1 heterocycles. The largest absolute Gasteiger partial charge is 0.396 e. The fraction of sp³-hybridized carbons (Fsp3) is 0.714. The third kappa shape index (κ3) is 2.18. The molecule has 0 saturated carbocycles. The number of allylic oxidation sites excluding steroid dienone is 1. The zero-order chi connectivity index (χ0) is 8.27. The normalized spacial score (nSPS) is 26.1. The summed E-state index contributed by atoms with van der Waals surface area (Å²) in [6.45, 7) is 2.27. The van der Waals surface area contributed by atoms with Gasteiger partial charge in [-0.05, 0) is 18.4 Å². The molecule has 0 amide bonds. The number of rotatable bonds is 3. The standard InChI is InChI=1S/C7H15N3O/c1-5(2-3-11)6-4-7(8)10-9-6/h4-5,7,9-11H,2-3,8H2,1H3. The average molecular weight is 157 g/mol. The summed E-state index contributed by atoms with van der Waals surface area (Å²) in [5, 5.41) is 8.66. The van der Waals surface area contributed by atoms with E-state index in [9.17, 15) is 0 Å². The lowest BCUT2D eigenvalue weighted by molar-refractivity contribution is 0.269. The Morgan fingerprint density at radius 3 is 3.00 bits per heavy atom. The number of aliphatic hydroxyl groups is 1. The van der Waals surface area contributed by atoms with Crippen LogP contribution in [0.1, 0.15) is 13.3 Å². The van der Waals surface area contributed by atoms with Gasteiger partial charge in [0.1, 0.15) is 0 Å². The van der Waals surface area contributed by atoms with Crippen LogP contribution in [-0.4, -0.2) is 17.9 Å². The van der Waals surface area contributed by atoms with Gasteiger partial charge < -0.3 is 16.3 Å². The van der Waals surface area contributed by atoms with Gasteiger partial charge in [0.05, 0.1) is 6.17 Å². The Labute approximate surface area is 66.4 Å². The van der Waals surface area contributed by atoms with E-state index in [1.807, 2.05) is 6.08 Å². The molecule has 0 aromatic heterocycles. The van der Waals surface area contributed by atoms with Crippen molar-refractivity contribution in [2.45, 2.75) is 19.5 Å². The first-order chi connectivity index (χ1) is 5.24. The number of hydrazine groups is 1. The van der Waals surface area contributed by atoms with E-state index in [4.69, 9.17) is 10.8 Å². The van der Waals surface area contributed by atoms with E-state index in [0.717, 1.165) is 12.1 Å². The first-order valence-corrected chi connectivity index (χ1v) is 3.83. The summed E-state index contributed by atoms with van der Waals surface area (Å²) in [6, 6.07) is 0. The van der Waals surface area contributed by atoms with E-state index < -0.39 is 0 Å². The molecule has 0 bridgehead atoms. The molecule has 4 nitrogen and oxygen atoms in total. The fourth-order valence-electron chi connectivity index (χ4n) is 1.08. The highest BCUT2D eigenvalue weighted by atomic mass is 16.3. The molecule has 0 aliphatic carbocycles. The molecule has 11 heavy (non-hydrogen) atoms. The van der Waals surface area contributed by atoms with E-state index in [1.165, 1.54) is 0 Å². The molecule has 0 fully saturated rings. The molecule has 1 aliphatic heterocycles. The van der Waals surface area contributed by atoms with Crippen LogP contribution in [0.3, 0.4) is 0 Å². The van der Waals surface area contributed by atoms with Crippen LogP contribution in [-0.2, 0) is 0 Å². The van der Waals surface area contributed by atoms with Gasteiger partial charge in [-0.15, -0.1) is 0 Å². The van der Waals surface area contributed by atoms with Crippen molar-refractivity contribution in [3.05, 3.63) is 11.8 Å². The highest BCUT2D eigenvalue weighted by Gasteiger charge is 2.14. The summed E-state index contributed by atoms with van der Waals surface area (Å²) in [4.78, 5) is 0. The molecule has 0 aromatic carbocycles. The van der Waals surface area contributed by atoms with Gasteiger partial charge in [0.15, 0.2) is 0 Å². The Balaban J connectivity index is 2.41. The Hall–Kier alpha value is -0.580. The first kappa shape index (κ1) is 8.52. The second kappa shape index (κ2) is 3.71. The van der Waals surface area contributed by atoms with Crippen LogP contribution < -0.4 is 16.6 Å². The number of nitrogens with one attached hydrogen (secondary N) is 2. The van der Waals surface area contributed by atoms with Crippen molar-refractivity contribution >= 4 is 0 Å². The molecule has 0 spiro atoms. The van der Waals surface area contributed by atoms with E-state index in [-0.39, 0.29) is 12.8 Å². The summed E-state index contributed by atoms with van der Waals surface area (Å²) in [5.41, 5.74) is 12.5. The molecule has 5 N–H and O–H groups in total. The summed E-state index contributed by atoms with van der Waals surface area (Å²) in [7, 11) is 0. The van der Waals surface area contributed by atoms with Gasteiger partial charge in [-0.3, -0.25) is 0 Å². The third-order valence-corrected chi connectivity index (χ3v) is 1.84. The molecule has 0 aromatic rings. The summed E-state index contributed by atoms with van der Waals surface area (Å²) >= 11 is 0. The van der Waals surface area contributed by atoms with Crippen LogP contribution in [0.5, 0.6) is 0 Å². The number of nitrogens with two attached hydrogens (primary N) is 1. The van der Waals surface area contributed by atoms with E-state index in [2.05, 4.69) is 17.8 Å². The maximum atomic E-state index is 8.66. The Kier molecular flexibility index (Phi) is 2.87. The molecule has 4 heteroatoms. The van der Waals surface area contributed by atoms with Crippen molar-refractivity contribution < 1.29 is 5.11 Å². The summed E-state index contributed by atoms with van der Waals surface area (Å²) in [6.07, 6.45) is 2.61. The SMILES string of the molecule is CC(CCO)C1=CC(N)NN1. The van der Waals surface area contributed by atoms with E-state index >= 15 is 0 Å². The lowest BCUT2D eigenvalue weighted by Crippen LogP contribution is -2.38. The van der Waals surface area contributed by atoms with Crippen LogP contribution in [0.15, 0.2) is 11.8 Å². The molecule has 2 unspecified atom stereocenters. The molecular formula is C7H15N3O. The second-order valence-electron chi connectivity index (χ2n) is 2.83. The van der Waals surface area contributed by atoms with Crippen LogP contribution in [0, 0.1) is 5.92 Å². The smallest absolute Gasteiger partial charge is 0.0932 e. The topological polar surface area (TPSA) is 70.3 Å². The van der Waals surface area contributed by atoms with Gasteiger partial charge in [0.25, 0.3) is 0 Å². The Morgan fingerprint density at radius 1 is 1.82 bits per heavy atom. The van der Waals surface area contributed by atoms with Gasteiger partial charge in [-0.1, -0.05) is 6.92 Å². The van der Waals surface area contributed by atoms with Crippen LogP contribution in [0.4, 0.5) is 0 Å². The zero-order valence-electron chi connectivity index (χ0n) is 6.67. The van der Waals surface area contributed by atoms with Crippen LogP contribution in [0.2, 0.25) is 0 Å². The second-order valence-corrected chi connectivity index (χ2v) is 2.83. The van der Waals surface area contributed by atoms with Crippen LogP contribution in [0.25, 0.3) is 0 Å². The predicted octanol–water partition coefficient (Wildman–Crippen LogP) is -0.719. The molecule has 64 valence electrons. The van der Waals surface area contributed by atoms with Crippen LogP contribution >= 0.6 is 0 Å². The van der Waals surface area contributed by atoms with Crippen molar-refractivity contribution in [2.24, 2.45) is 11.7 Å². The minimum atomic E-state index is -0.0915. The maximum Gasteiger partial charge on any atom is 0.0932 e. The van der Waals surface area contributed by atoms with Gasteiger partial charge in [0, 0.05) is 12.3 Å².